The van der Waals surface area contributed by atoms with E-state index in [0.717, 1.165) is 163 Å². The standard InChI is InChI=1S/3C19H32.3C16H26.3C4H10/c3*1-7-17-10-8-9-11-18(17)19(15(4)5)13-16(6)12-14(2)3;3*1-6-14-9-7-8-10-15(14)16(13(4)5)11-12(2)3;3*1-4(2)3/h3*8-11,14-16,19H,7,12-13H2,1-6H3;3*7-10,12-13,16H,6,11H2,1-5H3;3*4H,1-3H3/t3*16-,19?;;;;;;/m000....../s1. The lowest BCUT2D eigenvalue weighted by molar-refractivity contribution is 0.343. The molecule has 117 heavy (non-hydrogen) atoms. The van der Waals surface area contributed by atoms with Crippen LogP contribution in [0.2, 0.25) is 0 Å². The second-order valence-electron chi connectivity index (χ2n) is 42.4. The maximum absolute atomic E-state index is 2.42. The van der Waals surface area contributed by atoms with Gasteiger partial charge in [0.05, 0.1) is 0 Å². The van der Waals surface area contributed by atoms with Crippen LogP contribution in [0.25, 0.3) is 0 Å². The van der Waals surface area contributed by atoms with Gasteiger partial charge in [-0.1, -0.05) is 436 Å². The SMILES string of the molecule is CC(C)C.CC(C)C.CC(C)C.CCc1ccccc1C(CC(C)C)C(C)C.CCc1ccccc1C(CC(C)C)C(C)C.CCc1ccccc1C(CC(C)C)C(C)C.CCc1ccccc1C(C[C@@H](C)CC(C)C)C(C)C.CCc1ccccc1C(C[C@@H](C)CC(C)C)C(C)C.CCc1ccccc1C(C[C@@H](C)CC(C)C)C(C)C. The second kappa shape index (κ2) is 66.9. The first-order valence-electron chi connectivity index (χ1n) is 49.2. The molecular weight excluding hydrogens is 1410 g/mol. The van der Waals surface area contributed by atoms with E-state index in [1.165, 1.54) is 91.2 Å². The molecule has 0 aliphatic heterocycles. The van der Waals surface area contributed by atoms with Gasteiger partial charge in [0.2, 0.25) is 0 Å². The highest BCUT2D eigenvalue weighted by molar-refractivity contribution is 5.36. The molecule has 0 aliphatic carbocycles. The maximum atomic E-state index is 2.42. The largest absolute Gasteiger partial charge is 0.0630 e. The third-order valence-electron chi connectivity index (χ3n) is 22.6. The second-order valence-corrected chi connectivity index (χ2v) is 42.4. The number of hydrogen-bond donors (Lipinski definition) is 0. The summed E-state index contributed by atoms with van der Waals surface area (Å²) in [5.41, 5.74) is 18.7. The van der Waals surface area contributed by atoms with Crippen molar-refractivity contribution in [3.8, 4) is 0 Å². The average Bonchev–Trinajstić information content (AvgIpc) is 0.876. The summed E-state index contributed by atoms with van der Waals surface area (Å²) < 4.78 is 0. The topological polar surface area (TPSA) is 0 Å². The summed E-state index contributed by atoms with van der Waals surface area (Å²) in [6.07, 6.45) is 18.8. The van der Waals surface area contributed by atoms with Gasteiger partial charge in [0, 0.05) is 0 Å². The van der Waals surface area contributed by atoms with Crippen LogP contribution >= 0.6 is 0 Å². The Morgan fingerprint density at radius 2 is 0.265 bits per heavy atom. The van der Waals surface area contributed by atoms with Crippen molar-refractivity contribution in [1.82, 2.24) is 0 Å². The lowest BCUT2D eigenvalue weighted by Gasteiger charge is -2.27. The molecule has 9 atom stereocenters. The molecule has 6 aromatic rings. The first-order chi connectivity index (χ1) is 54.7. The normalized spacial score (nSPS) is 13.7. The summed E-state index contributed by atoms with van der Waals surface area (Å²) in [6, 6.07) is 54.0. The van der Waals surface area contributed by atoms with Crippen molar-refractivity contribution in [1.29, 1.82) is 0 Å². The summed E-state index contributed by atoms with van der Waals surface area (Å²) in [5, 5.41) is 0. The van der Waals surface area contributed by atoms with Gasteiger partial charge < -0.3 is 0 Å². The van der Waals surface area contributed by atoms with Crippen molar-refractivity contribution >= 4 is 0 Å². The molecule has 0 saturated carbocycles. The Labute approximate surface area is 736 Å². The molecule has 0 spiro atoms. The number of benzene rings is 6. The molecule has 0 nitrogen and oxygen atoms in total. The molecule has 0 N–H and O–H groups in total. The first-order valence-corrected chi connectivity index (χ1v) is 49.2. The zero-order valence-electron chi connectivity index (χ0n) is 86.3. The van der Waals surface area contributed by atoms with Crippen LogP contribution in [-0.4, -0.2) is 0 Å². The lowest BCUT2D eigenvalue weighted by Crippen LogP contribution is -2.14. The smallest absolute Gasteiger partial charge is 0.0134 e. The van der Waals surface area contributed by atoms with E-state index in [2.05, 4.69) is 436 Å². The van der Waals surface area contributed by atoms with Gasteiger partial charge in [-0.2, -0.15) is 0 Å². The molecule has 0 heteroatoms. The summed E-state index contributed by atoms with van der Waals surface area (Å²) in [5.74, 6) is 18.4. The monoisotopic (exact) mass is 1610 g/mol. The van der Waals surface area contributed by atoms with E-state index < -0.39 is 0 Å². The molecule has 0 heterocycles. The molecule has 672 valence electrons. The Balaban J connectivity index is -0.00000130. The van der Waals surface area contributed by atoms with E-state index in [-0.39, 0.29) is 0 Å². The van der Waals surface area contributed by atoms with Crippen LogP contribution in [0.5, 0.6) is 0 Å². The Morgan fingerprint density at radius 3 is 0.368 bits per heavy atom. The van der Waals surface area contributed by atoms with Crippen molar-refractivity contribution in [3.05, 3.63) is 212 Å². The Morgan fingerprint density at radius 1 is 0.154 bits per heavy atom. The molecule has 0 bridgehead atoms. The van der Waals surface area contributed by atoms with Gasteiger partial charge in [-0.15, -0.1) is 0 Å². The van der Waals surface area contributed by atoms with Crippen LogP contribution < -0.4 is 0 Å². The molecule has 6 aromatic carbocycles. The third kappa shape index (κ3) is 53.8. The molecule has 0 saturated heterocycles. The van der Waals surface area contributed by atoms with E-state index >= 15 is 0 Å². The number of aryl methyl sites for hydroxylation is 6. The third-order valence-corrected chi connectivity index (χ3v) is 22.6. The van der Waals surface area contributed by atoms with Crippen LogP contribution in [0, 0.1) is 107 Å². The zero-order chi connectivity index (χ0) is 90.4. The molecule has 0 fully saturated rings. The fourth-order valence-electron chi connectivity index (χ4n) is 17.4. The van der Waals surface area contributed by atoms with Crippen LogP contribution in [0.1, 0.15) is 451 Å². The van der Waals surface area contributed by atoms with Crippen molar-refractivity contribution in [2.45, 2.75) is 423 Å². The van der Waals surface area contributed by atoms with E-state index in [9.17, 15) is 0 Å². The average molecular weight is 1610 g/mol. The predicted molar refractivity (Wildman–Crippen MR) is 540 cm³/mol. The van der Waals surface area contributed by atoms with Crippen molar-refractivity contribution in [2.75, 3.05) is 0 Å². The van der Waals surface area contributed by atoms with Crippen molar-refractivity contribution in [3.63, 3.8) is 0 Å². The molecule has 6 unspecified atom stereocenters. The fraction of sp³-hybridized carbons (Fsp3) is 0.692. The molecule has 0 amide bonds. The molecular formula is C117H204. The zero-order valence-corrected chi connectivity index (χ0v) is 86.3. The van der Waals surface area contributed by atoms with Crippen LogP contribution in [0.4, 0.5) is 0 Å². The summed E-state index contributed by atoms with van der Waals surface area (Å²) in [7, 11) is 0. The molecule has 6 rings (SSSR count). The molecule has 0 aromatic heterocycles. The molecule has 0 radical (unpaired) electrons. The summed E-state index contributed by atoms with van der Waals surface area (Å²) in [4.78, 5) is 0. The Hall–Kier alpha value is -4.68. The van der Waals surface area contributed by atoms with Gasteiger partial charge in [0.1, 0.15) is 0 Å². The van der Waals surface area contributed by atoms with Gasteiger partial charge in [0.15, 0.2) is 0 Å². The lowest BCUT2D eigenvalue weighted by atomic mass is 9.78. The molecule has 0 aliphatic rings. The van der Waals surface area contributed by atoms with Crippen molar-refractivity contribution in [2.24, 2.45) is 107 Å². The Bertz CT molecular complexity index is 2900. The van der Waals surface area contributed by atoms with Gasteiger partial charge >= 0.3 is 0 Å². The first kappa shape index (κ1) is 116. The number of hydrogen-bond acceptors (Lipinski definition) is 0. The number of rotatable bonds is 36. The van der Waals surface area contributed by atoms with E-state index in [0.29, 0.717) is 17.8 Å². The predicted octanol–water partition coefficient (Wildman–Crippen LogP) is 38.3. The van der Waals surface area contributed by atoms with Gasteiger partial charge in [0.25, 0.3) is 0 Å². The van der Waals surface area contributed by atoms with Gasteiger partial charge in [-0.25, -0.2) is 0 Å². The highest BCUT2D eigenvalue weighted by Gasteiger charge is 2.27. The summed E-state index contributed by atoms with van der Waals surface area (Å²) >= 11 is 0. The highest BCUT2D eigenvalue weighted by atomic mass is 14.3. The van der Waals surface area contributed by atoms with Gasteiger partial charge in [-0.3, -0.25) is 0 Å². The van der Waals surface area contributed by atoms with Crippen molar-refractivity contribution < 1.29 is 0 Å². The minimum absolute atomic E-state index is 0.713. The van der Waals surface area contributed by atoms with E-state index in [1.807, 2.05) is 0 Å². The van der Waals surface area contributed by atoms with E-state index in [1.54, 1.807) is 33.4 Å². The quantitative estimate of drug-likeness (QED) is 0.0368. The van der Waals surface area contributed by atoms with Gasteiger partial charge in [-0.05, 0) is 305 Å². The van der Waals surface area contributed by atoms with E-state index in [4.69, 9.17) is 0 Å². The minimum atomic E-state index is 0.713. The van der Waals surface area contributed by atoms with Crippen LogP contribution in [0.15, 0.2) is 146 Å². The Kier molecular flexibility index (Phi) is 66.6. The minimum Gasteiger partial charge on any atom is -0.0630 e. The maximum Gasteiger partial charge on any atom is -0.0134 e. The fourth-order valence-corrected chi connectivity index (χ4v) is 17.4. The summed E-state index contributed by atoms with van der Waals surface area (Å²) in [6.45, 7) is 96.6. The van der Waals surface area contributed by atoms with Crippen LogP contribution in [0.3, 0.4) is 0 Å². The van der Waals surface area contributed by atoms with Crippen LogP contribution in [-0.2, 0) is 38.5 Å². The highest BCUT2D eigenvalue weighted by Crippen LogP contribution is 2.41.